The Morgan fingerprint density at radius 3 is 2.94 bits per heavy atom. The van der Waals surface area contributed by atoms with E-state index in [1.165, 1.54) is 12.1 Å². The predicted octanol–water partition coefficient (Wildman–Crippen LogP) is 2.03. The molecule has 1 saturated heterocycles. The molecule has 1 unspecified atom stereocenters. The second-order valence-corrected chi connectivity index (χ2v) is 4.75. The zero-order valence-corrected chi connectivity index (χ0v) is 10.3. The molecule has 2 rings (SSSR count). The minimum absolute atomic E-state index is 0.0289. The van der Waals surface area contributed by atoms with Gasteiger partial charge in [0.1, 0.15) is 5.82 Å². The molecule has 1 fully saturated rings. The first-order valence-electron chi connectivity index (χ1n) is 6.04. The molecule has 0 spiro atoms. The van der Waals surface area contributed by atoms with Crippen molar-refractivity contribution in [3.63, 3.8) is 0 Å². The lowest BCUT2D eigenvalue weighted by atomic mass is 10.1. The molecule has 1 aromatic rings. The maximum absolute atomic E-state index is 13.7. The molecule has 1 aliphatic heterocycles. The van der Waals surface area contributed by atoms with E-state index in [9.17, 15) is 9.18 Å². The zero-order valence-electron chi connectivity index (χ0n) is 10.3. The molecule has 5 heteroatoms. The molecule has 4 nitrogen and oxygen atoms in total. The van der Waals surface area contributed by atoms with Gasteiger partial charge in [-0.15, -0.1) is 0 Å². The van der Waals surface area contributed by atoms with Crippen molar-refractivity contribution >= 4 is 11.7 Å². The third kappa shape index (κ3) is 2.98. The van der Waals surface area contributed by atoms with Gasteiger partial charge in [0.25, 0.3) is 0 Å². The first-order chi connectivity index (χ1) is 8.56. The van der Waals surface area contributed by atoms with Crippen LogP contribution >= 0.6 is 0 Å². The summed E-state index contributed by atoms with van der Waals surface area (Å²) >= 11 is 0. The van der Waals surface area contributed by atoms with Crippen LogP contribution in [0.5, 0.6) is 0 Å². The number of benzene rings is 1. The van der Waals surface area contributed by atoms with Crippen LogP contribution in [0.25, 0.3) is 0 Å². The minimum atomic E-state index is -1.11. The SMILES string of the molecule is CN1CCCC(Nc2ccc(C(=O)O)cc2F)C1. The van der Waals surface area contributed by atoms with Crippen molar-refractivity contribution in [2.45, 2.75) is 18.9 Å². The van der Waals surface area contributed by atoms with Crippen LogP contribution in [0.2, 0.25) is 0 Å². The summed E-state index contributed by atoms with van der Waals surface area (Å²) in [6.07, 6.45) is 2.09. The van der Waals surface area contributed by atoms with Crippen LogP contribution in [0.15, 0.2) is 18.2 Å². The van der Waals surface area contributed by atoms with E-state index in [1.54, 1.807) is 0 Å². The Hall–Kier alpha value is -1.62. The van der Waals surface area contributed by atoms with Crippen molar-refractivity contribution in [1.29, 1.82) is 0 Å². The number of carboxylic acids is 1. The standard InChI is InChI=1S/C13H17FN2O2/c1-16-6-2-3-10(8-16)15-12-5-4-9(13(17)18)7-11(12)14/h4-5,7,10,15H,2-3,6,8H2,1H3,(H,17,18). The Morgan fingerprint density at radius 2 is 2.33 bits per heavy atom. The maximum Gasteiger partial charge on any atom is 0.335 e. The first-order valence-corrected chi connectivity index (χ1v) is 6.04. The molecule has 18 heavy (non-hydrogen) atoms. The minimum Gasteiger partial charge on any atom is -0.478 e. The van der Waals surface area contributed by atoms with Crippen molar-refractivity contribution in [2.24, 2.45) is 0 Å². The van der Waals surface area contributed by atoms with Gasteiger partial charge >= 0.3 is 5.97 Å². The molecule has 0 radical (unpaired) electrons. The van der Waals surface area contributed by atoms with Crippen LogP contribution in [0.3, 0.4) is 0 Å². The van der Waals surface area contributed by atoms with Gasteiger partial charge in [-0.1, -0.05) is 0 Å². The summed E-state index contributed by atoms with van der Waals surface area (Å²) in [7, 11) is 2.04. The van der Waals surface area contributed by atoms with Crippen LogP contribution in [-0.2, 0) is 0 Å². The summed E-state index contributed by atoms with van der Waals surface area (Å²) in [5.41, 5.74) is 0.346. The highest BCUT2D eigenvalue weighted by Crippen LogP contribution is 2.19. The van der Waals surface area contributed by atoms with Gasteiger partial charge in [-0.05, 0) is 44.6 Å². The van der Waals surface area contributed by atoms with Crippen molar-refractivity contribution < 1.29 is 14.3 Å². The van der Waals surface area contributed by atoms with E-state index in [2.05, 4.69) is 10.2 Å². The molecule has 0 aromatic heterocycles. The van der Waals surface area contributed by atoms with Gasteiger partial charge < -0.3 is 15.3 Å². The summed E-state index contributed by atoms with van der Waals surface area (Å²) in [6.45, 7) is 1.94. The monoisotopic (exact) mass is 252 g/mol. The van der Waals surface area contributed by atoms with Crippen molar-refractivity contribution in [2.75, 3.05) is 25.5 Å². The lowest BCUT2D eigenvalue weighted by molar-refractivity contribution is 0.0696. The normalized spacial score (nSPS) is 20.7. The van der Waals surface area contributed by atoms with E-state index < -0.39 is 11.8 Å². The highest BCUT2D eigenvalue weighted by Gasteiger charge is 2.18. The van der Waals surface area contributed by atoms with E-state index in [0.29, 0.717) is 5.69 Å². The average molecular weight is 252 g/mol. The quantitative estimate of drug-likeness (QED) is 0.864. The molecule has 1 heterocycles. The van der Waals surface area contributed by atoms with Crippen LogP contribution in [0, 0.1) is 5.82 Å². The average Bonchev–Trinajstić information content (AvgIpc) is 2.31. The van der Waals surface area contributed by atoms with Gasteiger partial charge in [0.05, 0.1) is 11.3 Å². The maximum atomic E-state index is 13.7. The summed E-state index contributed by atoms with van der Waals surface area (Å²) in [5.74, 6) is -1.62. The second-order valence-electron chi connectivity index (χ2n) is 4.75. The molecule has 1 aromatic carbocycles. The number of nitrogens with one attached hydrogen (secondary N) is 1. The number of nitrogens with zero attached hydrogens (tertiary/aromatic N) is 1. The largest absolute Gasteiger partial charge is 0.478 e. The zero-order chi connectivity index (χ0) is 13.1. The van der Waals surface area contributed by atoms with E-state index in [1.807, 2.05) is 7.05 Å². The van der Waals surface area contributed by atoms with Gasteiger partial charge in [-0.25, -0.2) is 9.18 Å². The number of carbonyl (C=O) groups is 1. The Kier molecular flexibility index (Phi) is 3.81. The third-order valence-corrected chi connectivity index (χ3v) is 3.20. The number of anilines is 1. The number of likely N-dealkylation sites (N-methyl/N-ethyl adjacent to an activating group) is 1. The van der Waals surface area contributed by atoms with Crippen molar-refractivity contribution in [3.8, 4) is 0 Å². The number of aromatic carboxylic acids is 1. The molecule has 98 valence electrons. The number of rotatable bonds is 3. The van der Waals surface area contributed by atoms with Gasteiger partial charge in [-0.2, -0.15) is 0 Å². The van der Waals surface area contributed by atoms with Crippen LogP contribution < -0.4 is 5.32 Å². The van der Waals surface area contributed by atoms with E-state index in [0.717, 1.165) is 32.0 Å². The molecule has 1 aliphatic rings. The Morgan fingerprint density at radius 1 is 1.56 bits per heavy atom. The van der Waals surface area contributed by atoms with Crippen molar-refractivity contribution in [1.82, 2.24) is 4.90 Å². The molecule has 1 atom stereocenters. The van der Waals surface area contributed by atoms with Gasteiger partial charge in [0.15, 0.2) is 0 Å². The third-order valence-electron chi connectivity index (χ3n) is 3.20. The summed E-state index contributed by atoms with van der Waals surface area (Å²) in [4.78, 5) is 12.9. The molecular weight excluding hydrogens is 235 g/mol. The smallest absolute Gasteiger partial charge is 0.335 e. The Bertz CT molecular complexity index is 451. The van der Waals surface area contributed by atoms with E-state index in [4.69, 9.17) is 5.11 Å². The first kappa shape index (κ1) is 12.8. The summed E-state index contributed by atoms with van der Waals surface area (Å²) < 4.78 is 13.7. The van der Waals surface area contributed by atoms with Gasteiger partial charge in [0, 0.05) is 12.6 Å². The van der Waals surface area contributed by atoms with E-state index >= 15 is 0 Å². The Labute approximate surface area is 105 Å². The fourth-order valence-corrected chi connectivity index (χ4v) is 2.27. The molecule has 0 saturated carbocycles. The number of piperidine rings is 1. The number of hydrogen-bond acceptors (Lipinski definition) is 3. The highest BCUT2D eigenvalue weighted by atomic mass is 19.1. The van der Waals surface area contributed by atoms with Gasteiger partial charge in [0.2, 0.25) is 0 Å². The molecular formula is C13H17FN2O2. The number of halogens is 1. The van der Waals surface area contributed by atoms with Crippen LogP contribution in [0.4, 0.5) is 10.1 Å². The second kappa shape index (κ2) is 5.35. The lowest BCUT2D eigenvalue weighted by Crippen LogP contribution is -2.39. The molecule has 0 bridgehead atoms. The summed E-state index contributed by atoms with van der Waals surface area (Å²) in [6, 6.07) is 4.18. The number of likely N-dealkylation sites (tertiary alicyclic amines) is 1. The topological polar surface area (TPSA) is 52.6 Å². The molecule has 0 amide bonds. The van der Waals surface area contributed by atoms with Crippen LogP contribution in [0.1, 0.15) is 23.2 Å². The number of carboxylic acid groups (broad SMARTS) is 1. The fraction of sp³-hybridized carbons (Fsp3) is 0.462. The van der Waals surface area contributed by atoms with E-state index in [-0.39, 0.29) is 11.6 Å². The lowest BCUT2D eigenvalue weighted by Gasteiger charge is -2.31. The molecule has 0 aliphatic carbocycles. The van der Waals surface area contributed by atoms with Crippen LogP contribution in [-0.4, -0.2) is 42.2 Å². The van der Waals surface area contributed by atoms with Crippen molar-refractivity contribution in [3.05, 3.63) is 29.6 Å². The fourth-order valence-electron chi connectivity index (χ4n) is 2.27. The van der Waals surface area contributed by atoms with Gasteiger partial charge in [-0.3, -0.25) is 0 Å². The number of hydrogen-bond donors (Lipinski definition) is 2. The Balaban J connectivity index is 2.07. The molecule has 2 N–H and O–H groups in total. The highest BCUT2D eigenvalue weighted by molar-refractivity contribution is 5.88. The predicted molar refractivity (Wildman–Crippen MR) is 67.5 cm³/mol. The summed E-state index contributed by atoms with van der Waals surface area (Å²) in [5, 5.41) is 11.9.